The molecular formula is C20H13FS. The summed E-state index contributed by atoms with van der Waals surface area (Å²) in [6.07, 6.45) is 0. The van der Waals surface area contributed by atoms with Gasteiger partial charge in [-0.15, -0.1) is 12.6 Å². The zero-order valence-electron chi connectivity index (χ0n) is 11.8. The second-order valence-electron chi connectivity index (χ2n) is 5.35. The molecule has 0 nitrogen and oxygen atoms in total. The summed E-state index contributed by atoms with van der Waals surface area (Å²) in [5, 5.41) is 4.23. The Labute approximate surface area is 133 Å². The van der Waals surface area contributed by atoms with E-state index in [4.69, 9.17) is 0 Å². The molecule has 0 aliphatic heterocycles. The second kappa shape index (κ2) is 5.15. The second-order valence-corrected chi connectivity index (χ2v) is 5.83. The Hall–Kier alpha value is -2.32. The average molecular weight is 304 g/mol. The standard InChI is InChI=1S/C20H13FS/c21-15-7-9-16-14(12-15)6-8-18-17(16)10-11-19(22)20(18)13-4-2-1-3-5-13/h1-12,22H. The summed E-state index contributed by atoms with van der Waals surface area (Å²) in [7, 11) is 0. The highest BCUT2D eigenvalue weighted by Crippen LogP contribution is 2.37. The third-order valence-corrected chi connectivity index (χ3v) is 4.39. The Bertz CT molecular complexity index is 991. The van der Waals surface area contributed by atoms with Gasteiger partial charge in [-0.1, -0.05) is 54.6 Å². The van der Waals surface area contributed by atoms with Gasteiger partial charge in [-0.2, -0.15) is 0 Å². The van der Waals surface area contributed by atoms with Crippen LogP contribution in [0.4, 0.5) is 4.39 Å². The Morgan fingerprint density at radius 3 is 2.23 bits per heavy atom. The highest BCUT2D eigenvalue weighted by molar-refractivity contribution is 7.80. The normalized spacial score (nSPS) is 11.2. The summed E-state index contributed by atoms with van der Waals surface area (Å²) < 4.78 is 13.4. The van der Waals surface area contributed by atoms with E-state index in [-0.39, 0.29) is 5.82 Å². The van der Waals surface area contributed by atoms with Crippen LogP contribution in [0.5, 0.6) is 0 Å². The molecule has 0 heterocycles. The van der Waals surface area contributed by atoms with Crippen LogP contribution in [0, 0.1) is 5.82 Å². The maximum absolute atomic E-state index is 13.4. The van der Waals surface area contributed by atoms with Crippen molar-refractivity contribution in [1.82, 2.24) is 0 Å². The lowest BCUT2D eigenvalue weighted by atomic mass is 9.94. The van der Waals surface area contributed by atoms with Crippen LogP contribution in [0.3, 0.4) is 0 Å². The molecule has 4 aromatic rings. The van der Waals surface area contributed by atoms with E-state index < -0.39 is 0 Å². The maximum atomic E-state index is 13.4. The minimum absolute atomic E-state index is 0.207. The molecule has 4 aromatic carbocycles. The van der Waals surface area contributed by atoms with E-state index in [9.17, 15) is 4.39 Å². The lowest BCUT2D eigenvalue weighted by Crippen LogP contribution is -1.86. The molecule has 0 fully saturated rings. The van der Waals surface area contributed by atoms with Gasteiger partial charge in [0.2, 0.25) is 0 Å². The van der Waals surface area contributed by atoms with E-state index in [1.807, 2.05) is 36.4 Å². The highest BCUT2D eigenvalue weighted by atomic mass is 32.1. The minimum Gasteiger partial charge on any atom is -0.207 e. The van der Waals surface area contributed by atoms with Gasteiger partial charge in [0.25, 0.3) is 0 Å². The first-order chi connectivity index (χ1) is 10.7. The quantitative estimate of drug-likeness (QED) is 0.319. The first kappa shape index (κ1) is 13.4. The number of rotatable bonds is 1. The van der Waals surface area contributed by atoms with Crippen LogP contribution in [0.2, 0.25) is 0 Å². The molecule has 0 spiro atoms. The van der Waals surface area contributed by atoms with Gasteiger partial charge < -0.3 is 0 Å². The number of fused-ring (bicyclic) bond motifs is 3. The lowest BCUT2D eigenvalue weighted by Gasteiger charge is -2.12. The molecule has 2 heteroatoms. The summed E-state index contributed by atoms with van der Waals surface area (Å²) in [6, 6.07) is 23.3. The van der Waals surface area contributed by atoms with Crippen molar-refractivity contribution in [2.45, 2.75) is 4.90 Å². The molecule has 0 aliphatic rings. The zero-order chi connectivity index (χ0) is 15.1. The predicted octanol–water partition coefficient (Wildman–Crippen LogP) is 6.09. The molecule has 4 rings (SSSR count). The topological polar surface area (TPSA) is 0 Å². The lowest BCUT2D eigenvalue weighted by molar-refractivity contribution is 0.630. The molecule has 106 valence electrons. The van der Waals surface area contributed by atoms with Crippen molar-refractivity contribution in [2.24, 2.45) is 0 Å². The molecule has 0 atom stereocenters. The van der Waals surface area contributed by atoms with E-state index >= 15 is 0 Å². The number of benzene rings is 4. The van der Waals surface area contributed by atoms with Crippen molar-refractivity contribution in [1.29, 1.82) is 0 Å². The zero-order valence-corrected chi connectivity index (χ0v) is 12.6. The molecule has 0 saturated carbocycles. The first-order valence-corrected chi connectivity index (χ1v) is 7.58. The van der Waals surface area contributed by atoms with Gasteiger partial charge in [0, 0.05) is 10.5 Å². The third-order valence-electron chi connectivity index (χ3n) is 4.02. The summed E-state index contributed by atoms with van der Waals surface area (Å²) in [4.78, 5) is 0.945. The molecule has 0 aliphatic carbocycles. The van der Waals surface area contributed by atoms with Gasteiger partial charge in [0.15, 0.2) is 0 Å². The van der Waals surface area contributed by atoms with Gasteiger partial charge in [-0.3, -0.25) is 0 Å². The van der Waals surface area contributed by atoms with Crippen LogP contribution < -0.4 is 0 Å². The Morgan fingerprint density at radius 2 is 1.41 bits per heavy atom. The van der Waals surface area contributed by atoms with Crippen molar-refractivity contribution < 1.29 is 4.39 Å². The van der Waals surface area contributed by atoms with Crippen LogP contribution in [-0.4, -0.2) is 0 Å². The molecule has 0 radical (unpaired) electrons. The molecule has 0 aromatic heterocycles. The van der Waals surface area contributed by atoms with Crippen LogP contribution in [-0.2, 0) is 0 Å². The molecule has 0 N–H and O–H groups in total. The number of thiol groups is 1. The fraction of sp³-hybridized carbons (Fsp3) is 0. The maximum Gasteiger partial charge on any atom is 0.123 e. The van der Waals surface area contributed by atoms with Gasteiger partial charge in [0.1, 0.15) is 5.82 Å². The number of halogens is 1. The van der Waals surface area contributed by atoms with E-state index in [2.05, 4.69) is 36.9 Å². The molecule has 22 heavy (non-hydrogen) atoms. The summed E-state index contributed by atoms with van der Waals surface area (Å²) in [6.45, 7) is 0. The summed E-state index contributed by atoms with van der Waals surface area (Å²) in [5.74, 6) is -0.207. The fourth-order valence-electron chi connectivity index (χ4n) is 3.01. The van der Waals surface area contributed by atoms with Crippen LogP contribution in [0.25, 0.3) is 32.7 Å². The first-order valence-electron chi connectivity index (χ1n) is 7.13. The van der Waals surface area contributed by atoms with Crippen LogP contribution in [0.1, 0.15) is 0 Å². The van der Waals surface area contributed by atoms with Crippen molar-refractivity contribution in [3.8, 4) is 11.1 Å². The largest absolute Gasteiger partial charge is 0.207 e. The predicted molar refractivity (Wildman–Crippen MR) is 94.1 cm³/mol. The average Bonchev–Trinajstić information content (AvgIpc) is 2.55. The molecule has 0 saturated heterocycles. The Morgan fingerprint density at radius 1 is 0.682 bits per heavy atom. The number of hydrogen-bond acceptors (Lipinski definition) is 1. The summed E-state index contributed by atoms with van der Waals surface area (Å²) >= 11 is 4.64. The highest BCUT2D eigenvalue weighted by Gasteiger charge is 2.10. The van der Waals surface area contributed by atoms with Crippen molar-refractivity contribution in [2.75, 3.05) is 0 Å². The molecule has 0 unspecified atom stereocenters. The van der Waals surface area contributed by atoms with E-state index in [0.717, 1.165) is 37.6 Å². The van der Waals surface area contributed by atoms with Gasteiger partial charge in [-0.05, 0) is 45.3 Å². The monoisotopic (exact) mass is 304 g/mol. The molecule has 0 bridgehead atoms. The van der Waals surface area contributed by atoms with Crippen LogP contribution >= 0.6 is 12.6 Å². The Balaban J connectivity index is 2.13. The van der Waals surface area contributed by atoms with Gasteiger partial charge in [-0.25, -0.2) is 4.39 Å². The fourth-order valence-corrected chi connectivity index (χ4v) is 3.34. The number of hydrogen-bond donors (Lipinski definition) is 1. The van der Waals surface area contributed by atoms with Crippen molar-refractivity contribution >= 4 is 34.2 Å². The van der Waals surface area contributed by atoms with E-state index in [1.165, 1.54) is 6.07 Å². The minimum atomic E-state index is -0.207. The molecule has 0 amide bonds. The van der Waals surface area contributed by atoms with Crippen molar-refractivity contribution in [3.05, 3.63) is 78.6 Å². The van der Waals surface area contributed by atoms with Crippen LogP contribution in [0.15, 0.2) is 77.7 Å². The summed E-state index contributed by atoms with van der Waals surface area (Å²) in [5.41, 5.74) is 2.26. The van der Waals surface area contributed by atoms with Gasteiger partial charge >= 0.3 is 0 Å². The molecular weight excluding hydrogens is 291 g/mol. The van der Waals surface area contributed by atoms with Gasteiger partial charge in [0.05, 0.1) is 0 Å². The SMILES string of the molecule is Fc1ccc2c(ccc3c(-c4ccccc4)c(S)ccc32)c1. The third kappa shape index (κ3) is 2.08. The smallest absolute Gasteiger partial charge is 0.123 e. The van der Waals surface area contributed by atoms with E-state index in [0.29, 0.717) is 0 Å². The van der Waals surface area contributed by atoms with E-state index in [1.54, 1.807) is 6.07 Å². The van der Waals surface area contributed by atoms with Crippen molar-refractivity contribution in [3.63, 3.8) is 0 Å². The Kier molecular flexibility index (Phi) is 3.12.